The van der Waals surface area contributed by atoms with Crippen molar-refractivity contribution in [3.63, 3.8) is 0 Å². The maximum Gasteiger partial charge on any atom is 0.378 e. The number of para-hydroxylation sites is 1. The number of rotatable bonds is 3. The summed E-state index contributed by atoms with van der Waals surface area (Å²) in [5.74, 6) is -0.508. The molecular formula is C15H12N4O2. The van der Waals surface area contributed by atoms with E-state index in [0.717, 1.165) is 5.69 Å². The zero-order chi connectivity index (χ0) is 14.5. The Labute approximate surface area is 121 Å². The molecule has 2 aromatic rings. The summed E-state index contributed by atoms with van der Waals surface area (Å²) in [6, 6.07) is 18.6. The van der Waals surface area contributed by atoms with Crippen LogP contribution in [0.2, 0.25) is 0 Å². The van der Waals surface area contributed by atoms with Crippen LogP contribution in [-0.4, -0.2) is 5.97 Å². The Morgan fingerprint density at radius 1 is 1.00 bits per heavy atom. The largest absolute Gasteiger partial charge is 0.378 e. The molecular weight excluding hydrogens is 268 g/mol. The van der Waals surface area contributed by atoms with Crippen LogP contribution in [0.3, 0.4) is 0 Å². The van der Waals surface area contributed by atoms with Crippen LogP contribution in [0.25, 0.3) is 0 Å². The molecule has 0 aliphatic carbocycles. The molecule has 104 valence electrons. The normalized spacial score (nSPS) is 16.7. The van der Waals surface area contributed by atoms with Crippen LogP contribution in [0.1, 0.15) is 0 Å². The van der Waals surface area contributed by atoms with Crippen molar-refractivity contribution in [2.75, 3.05) is 5.01 Å². The van der Waals surface area contributed by atoms with E-state index < -0.39 is 5.97 Å². The fraction of sp³-hybridized carbons (Fsp3) is 0. The lowest BCUT2D eigenvalue weighted by Gasteiger charge is -2.14. The van der Waals surface area contributed by atoms with Gasteiger partial charge in [0.2, 0.25) is 0 Å². The van der Waals surface area contributed by atoms with Crippen molar-refractivity contribution in [1.29, 1.82) is 0 Å². The molecule has 0 bridgehead atoms. The molecule has 0 aromatic heterocycles. The molecule has 6 heteroatoms. The van der Waals surface area contributed by atoms with Crippen LogP contribution < -0.4 is 10.6 Å². The molecule has 1 fully saturated rings. The van der Waals surface area contributed by atoms with Gasteiger partial charge in [0.25, 0.3) is 0 Å². The van der Waals surface area contributed by atoms with Gasteiger partial charge in [-0.2, -0.15) is 10.2 Å². The van der Waals surface area contributed by atoms with Gasteiger partial charge < -0.3 is 4.84 Å². The Balaban J connectivity index is 1.83. The smallest absolute Gasteiger partial charge is 0.345 e. The van der Waals surface area contributed by atoms with Gasteiger partial charge in [-0.3, -0.25) is 0 Å². The topological polar surface area (TPSA) is 66.3 Å². The molecule has 0 saturated carbocycles. The molecule has 2 aromatic carbocycles. The zero-order valence-electron chi connectivity index (χ0n) is 11.0. The third kappa shape index (κ3) is 2.96. The third-order valence-electron chi connectivity index (χ3n) is 2.80. The first kappa shape index (κ1) is 13.0. The predicted molar refractivity (Wildman–Crippen MR) is 77.2 cm³/mol. The van der Waals surface area contributed by atoms with Gasteiger partial charge in [-0.1, -0.05) is 42.0 Å². The molecule has 0 amide bonds. The molecule has 1 saturated heterocycles. The number of benzene rings is 2. The highest BCUT2D eigenvalue weighted by molar-refractivity contribution is 5.94. The molecule has 3 rings (SSSR count). The van der Waals surface area contributed by atoms with E-state index in [2.05, 4.69) is 15.8 Å². The fourth-order valence-corrected chi connectivity index (χ4v) is 1.80. The van der Waals surface area contributed by atoms with Crippen molar-refractivity contribution >= 4 is 17.3 Å². The van der Waals surface area contributed by atoms with E-state index in [9.17, 15) is 4.79 Å². The molecule has 0 radical (unpaired) electrons. The molecule has 0 atom stereocenters. The summed E-state index contributed by atoms with van der Waals surface area (Å²) < 4.78 is 0. The molecule has 1 heterocycles. The van der Waals surface area contributed by atoms with E-state index in [1.807, 2.05) is 60.7 Å². The number of azo groups is 1. The van der Waals surface area contributed by atoms with E-state index in [4.69, 9.17) is 4.84 Å². The second-order valence-electron chi connectivity index (χ2n) is 4.22. The van der Waals surface area contributed by atoms with E-state index in [0.29, 0.717) is 5.69 Å². The average molecular weight is 280 g/mol. The molecule has 0 spiro atoms. The standard InChI is InChI=1S/C15H12N4O2/c20-15-14(11-16-17-12-7-3-1-4-8-12)19(18-21-15)13-9-5-2-6-10-13/h1-11,18H/b14-11+,17-16?. The number of nitrogens with one attached hydrogen (secondary N) is 1. The van der Waals surface area contributed by atoms with Gasteiger partial charge in [-0.15, -0.1) is 0 Å². The lowest BCUT2D eigenvalue weighted by Crippen LogP contribution is -2.28. The Morgan fingerprint density at radius 3 is 2.38 bits per heavy atom. The Kier molecular flexibility index (Phi) is 3.70. The minimum Gasteiger partial charge on any atom is -0.345 e. The maximum absolute atomic E-state index is 11.7. The maximum atomic E-state index is 11.7. The van der Waals surface area contributed by atoms with Crippen molar-refractivity contribution in [2.24, 2.45) is 10.2 Å². The lowest BCUT2D eigenvalue weighted by molar-refractivity contribution is -0.140. The van der Waals surface area contributed by atoms with Crippen molar-refractivity contribution < 1.29 is 9.63 Å². The predicted octanol–water partition coefficient (Wildman–Crippen LogP) is 3.09. The summed E-state index contributed by atoms with van der Waals surface area (Å²) in [5, 5.41) is 9.46. The highest BCUT2D eigenvalue weighted by atomic mass is 16.7. The van der Waals surface area contributed by atoms with Crippen LogP contribution in [-0.2, 0) is 9.63 Å². The highest BCUT2D eigenvalue weighted by Gasteiger charge is 2.28. The summed E-state index contributed by atoms with van der Waals surface area (Å²) in [4.78, 5) is 16.5. The van der Waals surface area contributed by atoms with Crippen molar-refractivity contribution in [2.45, 2.75) is 0 Å². The van der Waals surface area contributed by atoms with Crippen LogP contribution in [0.15, 0.2) is 82.8 Å². The van der Waals surface area contributed by atoms with Crippen molar-refractivity contribution in [3.05, 3.63) is 72.6 Å². The molecule has 1 N–H and O–H groups in total. The minimum atomic E-state index is -0.508. The van der Waals surface area contributed by atoms with Crippen LogP contribution in [0.5, 0.6) is 0 Å². The summed E-state index contributed by atoms with van der Waals surface area (Å²) in [7, 11) is 0. The number of carbonyl (C=O) groups excluding carboxylic acids is 1. The van der Waals surface area contributed by atoms with Gasteiger partial charge in [-0.25, -0.2) is 9.80 Å². The van der Waals surface area contributed by atoms with Gasteiger partial charge in [-0.05, 0) is 24.3 Å². The Morgan fingerprint density at radius 2 is 1.67 bits per heavy atom. The van der Waals surface area contributed by atoms with Gasteiger partial charge in [0.15, 0.2) is 5.70 Å². The highest BCUT2D eigenvalue weighted by Crippen LogP contribution is 2.21. The van der Waals surface area contributed by atoms with Crippen LogP contribution >= 0.6 is 0 Å². The SMILES string of the molecule is O=C1ONN(c2ccccc2)/C1=C/N=Nc1ccccc1. The minimum absolute atomic E-state index is 0.265. The Hall–Kier alpha value is -2.99. The first-order valence-corrected chi connectivity index (χ1v) is 6.33. The van der Waals surface area contributed by atoms with E-state index in [1.165, 1.54) is 11.2 Å². The van der Waals surface area contributed by atoms with Gasteiger partial charge in [0, 0.05) is 0 Å². The molecule has 0 unspecified atom stereocenters. The van der Waals surface area contributed by atoms with Crippen molar-refractivity contribution in [3.8, 4) is 0 Å². The van der Waals surface area contributed by atoms with E-state index in [1.54, 1.807) is 0 Å². The molecule has 1 aliphatic heterocycles. The molecule has 6 nitrogen and oxygen atoms in total. The van der Waals surface area contributed by atoms with E-state index in [-0.39, 0.29) is 5.70 Å². The first-order chi connectivity index (χ1) is 10.3. The quantitative estimate of drug-likeness (QED) is 0.693. The summed E-state index contributed by atoms with van der Waals surface area (Å²) in [6.45, 7) is 0. The fourth-order valence-electron chi connectivity index (χ4n) is 1.80. The number of hydrazine groups is 1. The number of carbonyl (C=O) groups is 1. The number of hydrogen-bond donors (Lipinski definition) is 1. The van der Waals surface area contributed by atoms with Crippen LogP contribution in [0, 0.1) is 0 Å². The first-order valence-electron chi connectivity index (χ1n) is 6.33. The molecule has 1 aliphatic rings. The van der Waals surface area contributed by atoms with Crippen LogP contribution in [0.4, 0.5) is 11.4 Å². The summed E-state index contributed by atoms with van der Waals surface area (Å²) >= 11 is 0. The van der Waals surface area contributed by atoms with Gasteiger partial charge in [0.05, 0.1) is 17.6 Å². The monoisotopic (exact) mass is 280 g/mol. The van der Waals surface area contributed by atoms with E-state index >= 15 is 0 Å². The Bertz CT molecular complexity index is 683. The number of hydrogen-bond acceptors (Lipinski definition) is 6. The average Bonchev–Trinajstić information content (AvgIpc) is 2.91. The second-order valence-corrected chi connectivity index (χ2v) is 4.22. The lowest BCUT2D eigenvalue weighted by atomic mass is 10.3. The summed E-state index contributed by atoms with van der Waals surface area (Å²) in [6.07, 6.45) is 1.36. The van der Waals surface area contributed by atoms with Crippen molar-refractivity contribution in [1.82, 2.24) is 5.59 Å². The second kappa shape index (κ2) is 5.98. The number of nitrogens with zero attached hydrogens (tertiary/aromatic N) is 3. The molecule has 21 heavy (non-hydrogen) atoms. The van der Waals surface area contributed by atoms with Gasteiger partial charge in [0.1, 0.15) is 0 Å². The summed E-state index contributed by atoms with van der Waals surface area (Å²) in [5.41, 5.74) is 4.28. The number of anilines is 1. The van der Waals surface area contributed by atoms with Gasteiger partial charge >= 0.3 is 5.97 Å². The zero-order valence-corrected chi connectivity index (χ0v) is 11.0. The third-order valence-corrected chi connectivity index (χ3v) is 2.80.